The Kier molecular flexibility index (Phi) is 1.64. The van der Waals surface area contributed by atoms with Crippen LogP contribution in [0.1, 0.15) is 0 Å². The Bertz CT molecular complexity index is 953. The average molecular weight is 238 g/mol. The van der Waals surface area contributed by atoms with Crippen molar-refractivity contribution in [1.29, 1.82) is 0 Å². The molecule has 0 saturated heterocycles. The lowest BCUT2D eigenvalue weighted by Crippen LogP contribution is -2.34. The van der Waals surface area contributed by atoms with Crippen molar-refractivity contribution in [3.05, 3.63) is 59.0 Å². The van der Waals surface area contributed by atoms with E-state index in [4.69, 9.17) is 4.42 Å². The van der Waals surface area contributed by atoms with E-state index in [2.05, 4.69) is 5.10 Å². The molecule has 1 aromatic carbocycles. The number of para-hydroxylation sites is 2. The van der Waals surface area contributed by atoms with Gasteiger partial charge in [0.15, 0.2) is 5.58 Å². The lowest BCUT2D eigenvalue weighted by atomic mass is 10.3. The molecule has 18 heavy (non-hydrogen) atoms. The summed E-state index contributed by atoms with van der Waals surface area (Å²) in [5.74, 6) is 0.296. The van der Waals surface area contributed by atoms with Crippen LogP contribution in [0.15, 0.2) is 57.9 Å². The minimum atomic E-state index is -0.134. The number of aromatic nitrogens is 3. The summed E-state index contributed by atoms with van der Waals surface area (Å²) >= 11 is 0. The molecule has 0 amide bonds. The van der Waals surface area contributed by atoms with Crippen molar-refractivity contribution < 1.29 is 8.93 Å². The van der Waals surface area contributed by atoms with Gasteiger partial charge in [-0.1, -0.05) is 12.1 Å². The molecule has 0 atom stereocenters. The predicted octanol–water partition coefficient (Wildman–Crippen LogP) is 1.18. The monoisotopic (exact) mass is 238 g/mol. The molecule has 3 aromatic heterocycles. The van der Waals surface area contributed by atoms with E-state index in [1.807, 2.05) is 36.4 Å². The Labute approximate surface area is 101 Å². The number of hydrogen-bond donors (Lipinski definition) is 0. The lowest BCUT2D eigenvalue weighted by Gasteiger charge is -1.90. The third-order valence-corrected chi connectivity index (χ3v) is 2.95. The zero-order valence-electron chi connectivity index (χ0n) is 9.28. The number of pyridine rings is 1. The van der Waals surface area contributed by atoms with Crippen LogP contribution in [0.25, 0.3) is 22.5 Å². The van der Waals surface area contributed by atoms with Crippen LogP contribution in [0.2, 0.25) is 0 Å². The molecule has 0 spiro atoms. The predicted molar refractivity (Wildman–Crippen MR) is 64.4 cm³/mol. The number of fused-ring (bicyclic) bond motifs is 4. The van der Waals surface area contributed by atoms with Crippen molar-refractivity contribution >= 4 is 22.5 Å². The van der Waals surface area contributed by atoms with E-state index in [-0.39, 0.29) is 5.56 Å². The summed E-state index contributed by atoms with van der Waals surface area (Å²) in [4.78, 5) is 12.4. The first kappa shape index (κ1) is 9.35. The zero-order valence-corrected chi connectivity index (χ0v) is 9.28. The van der Waals surface area contributed by atoms with Crippen LogP contribution in [0.3, 0.4) is 0 Å². The summed E-state index contributed by atoms with van der Waals surface area (Å²) in [5.41, 5.74) is 1.77. The highest BCUT2D eigenvalue weighted by Crippen LogP contribution is 2.16. The lowest BCUT2D eigenvalue weighted by molar-refractivity contribution is -0.580. The normalized spacial score (nSPS) is 11.6. The molecule has 0 saturated carbocycles. The minimum absolute atomic E-state index is 0.134. The van der Waals surface area contributed by atoms with Gasteiger partial charge in [-0.25, -0.2) is 4.40 Å². The van der Waals surface area contributed by atoms with E-state index in [0.717, 1.165) is 5.52 Å². The topological polar surface area (TPSA) is 51.6 Å². The molecule has 4 aromatic rings. The van der Waals surface area contributed by atoms with Crippen LogP contribution in [0.4, 0.5) is 0 Å². The first-order valence-electron chi connectivity index (χ1n) is 5.55. The van der Waals surface area contributed by atoms with Gasteiger partial charge in [0.1, 0.15) is 0 Å². The highest BCUT2D eigenvalue weighted by atomic mass is 16.4. The number of nitrogens with zero attached hydrogens (tertiary/aromatic N) is 3. The largest absolute Gasteiger partial charge is 0.419 e. The maximum absolute atomic E-state index is 12.4. The van der Waals surface area contributed by atoms with Crippen molar-refractivity contribution in [3.8, 4) is 0 Å². The van der Waals surface area contributed by atoms with Crippen LogP contribution >= 0.6 is 0 Å². The van der Waals surface area contributed by atoms with Gasteiger partial charge in [0.05, 0.1) is 10.6 Å². The molecule has 0 unspecified atom stereocenters. The molecule has 5 heteroatoms. The second-order valence-electron chi connectivity index (χ2n) is 4.02. The van der Waals surface area contributed by atoms with Gasteiger partial charge in [0.25, 0.3) is 0 Å². The van der Waals surface area contributed by atoms with Gasteiger partial charge < -0.3 is 4.42 Å². The summed E-state index contributed by atoms with van der Waals surface area (Å²) < 4.78 is 8.59. The van der Waals surface area contributed by atoms with Gasteiger partial charge in [-0.2, -0.15) is 0 Å². The summed E-state index contributed by atoms with van der Waals surface area (Å²) in [5, 5.41) is 4.29. The molecular formula is C13H8N3O2+. The van der Waals surface area contributed by atoms with Gasteiger partial charge in [-0.3, -0.25) is 4.79 Å². The third kappa shape index (κ3) is 1.08. The fraction of sp³-hybridized carbons (Fsp3) is 0. The molecule has 0 fully saturated rings. The quantitative estimate of drug-likeness (QED) is 0.432. The highest BCUT2D eigenvalue weighted by Gasteiger charge is 2.17. The Morgan fingerprint density at radius 1 is 1.11 bits per heavy atom. The van der Waals surface area contributed by atoms with Crippen molar-refractivity contribution in [2.24, 2.45) is 0 Å². The molecule has 5 nitrogen and oxygen atoms in total. The summed E-state index contributed by atoms with van der Waals surface area (Å²) in [6.07, 6.45) is 1.73. The number of rotatable bonds is 0. The summed E-state index contributed by atoms with van der Waals surface area (Å²) in [6.45, 7) is 0. The van der Waals surface area contributed by atoms with E-state index in [0.29, 0.717) is 16.9 Å². The van der Waals surface area contributed by atoms with Crippen LogP contribution in [-0.2, 0) is 0 Å². The molecule has 0 aliphatic carbocycles. The number of benzene rings is 1. The van der Waals surface area contributed by atoms with Crippen molar-refractivity contribution in [1.82, 2.24) is 9.50 Å². The minimum Gasteiger partial charge on any atom is -0.419 e. The fourth-order valence-corrected chi connectivity index (χ4v) is 2.13. The molecule has 3 heterocycles. The maximum Gasteiger partial charge on any atom is 0.373 e. The Balaban J connectivity index is 2.39. The fourth-order valence-electron chi connectivity index (χ4n) is 2.13. The van der Waals surface area contributed by atoms with Gasteiger partial charge in [0, 0.05) is 12.1 Å². The van der Waals surface area contributed by atoms with Gasteiger partial charge in [-0.15, -0.1) is 0 Å². The molecule has 0 aliphatic rings. The third-order valence-electron chi connectivity index (χ3n) is 2.95. The molecule has 4 rings (SSSR count). The van der Waals surface area contributed by atoms with E-state index < -0.39 is 0 Å². The molecular weight excluding hydrogens is 230 g/mol. The zero-order chi connectivity index (χ0) is 12.1. The van der Waals surface area contributed by atoms with Gasteiger partial charge >= 0.3 is 16.9 Å². The smallest absolute Gasteiger partial charge is 0.373 e. The van der Waals surface area contributed by atoms with Crippen LogP contribution in [0, 0.1) is 0 Å². The number of oxazole rings is 1. The summed E-state index contributed by atoms with van der Waals surface area (Å²) in [6, 6.07) is 12.8. The Morgan fingerprint density at radius 3 is 2.89 bits per heavy atom. The highest BCUT2D eigenvalue weighted by molar-refractivity contribution is 5.76. The maximum atomic E-state index is 12.4. The first-order chi connectivity index (χ1) is 8.84. The molecule has 0 radical (unpaired) electrons. The van der Waals surface area contributed by atoms with Gasteiger partial charge in [-0.05, 0) is 22.7 Å². The van der Waals surface area contributed by atoms with Gasteiger partial charge in [0.2, 0.25) is 6.20 Å². The van der Waals surface area contributed by atoms with Crippen molar-refractivity contribution in [3.63, 3.8) is 0 Å². The molecule has 0 bridgehead atoms. The SMILES string of the molecule is O=c1c2cccc[n+]2nc2oc3ccccc3n12. The van der Waals surface area contributed by atoms with Crippen LogP contribution < -0.4 is 10.1 Å². The standard InChI is InChI=1S/C13H8N3O2/c17-12-10-6-3-4-8-15(10)14-13-16(12)9-5-1-2-7-11(9)18-13/h1-8H/q+1. The van der Waals surface area contributed by atoms with E-state index >= 15 is 0 Å². The van der Waals surface area contributed by atoms with E-state index in [1.54, 1.807) is 12.3 Å². The Hall–Kier alpha value is -2.69. The van der Waals surface area contributed by atoms with E-state index in [1.165, 1.54) is 8.92 Å². The van der Waals surface area contributed by atoms with Crippen LogP contribution in [0.5, 0.6) is 0 Å². The van der Waals surface area contributed by atoms with Crippen LogP contribution in [-0.4, -0.2) is 9.50 Å². The number of hydrogen-bond acceptors (Lipinski definition) is 3. The molecule has 0 N–H and O–H groups in total. The molecule has 86 valence electrons. The Morgan fingerprint density at radius 2 is 1.94 bits per heavy atom. The molecule has 0 aliphatic heterocycles. The second kappa shape index (κ2) is 3.16. The first-order valence-corrected chi connectivity index (χ1v) is 5.55. The second-order valence-corrected chi connectivity index (χ2v) is 4.02. The van der Waals surface area contributed by atoms with Crippen molar-refractivity contribution in [2.45, 2.75) is 0 Å². The van der Waals surface area contributed by atoms with E-state index in [9.17, 15) is 4.79 Å². The summed E-state index contributed by atoms with van der Waals surface area (Å²) in [7, 11) is 0. The average Bonchev–Trinajstić information content (AvgIpc) is 2.77. The van der Waals surface area contributed by atoms with Crippen molar-refractivity contribution in [2.75, 3.05) is 0 Å².